The SMILES string of the molecule is CCOCCCOc1cc(-c2cc(C)c3c(n2)CN(c2cn[nH]c2)C3=O)cnc1OC. The van der Waals surface area contributed by atoms with Crippen molar-refractivity contribution in [2.75, 3.05) is 31.8 Å². The van der Waals surface area contributed by atoms with Gasteiger partial charge in [-0.3, -0.25) is 19.8 Å². The quantitative estimate of drug-likeness (QED) is 0.528. The van der Waals surface area contributed by atoms with E-state index < -0.39 is 0 Å². The highest BCUT2D eigenvalue weighted by atomic mass is 16.5. The van der Waals surface area contributed by atoms with Crippen molar-refractivity contribution in [1.29, 1.82) is 0 Å². The van der Waals surface area contributed by atoms with Crippen LogP contribution in [0.1, 0.15) is 35.0 Å². The number of carbonyl (C=O) groups is 1. The minimum Gasteiger partial charge on any atom is -0.488 e. The number of fused-ring (bicyclic) bond motifs is 1. The number of nitrogens with one attached hydrogen (secondary N) is 1. The van der Waals surface area contributed by atoms with Crippen LogP contribution >= 0.6 is 0 Å². The molecule has 4 rings (SSSR count). The van der Waals surface area contributed by atoms with Gasteiger partial charge in [0.25, 0.3) is 11.8 Å². The van der Waals surface area contributed by atoms with Gasteiger partial charge >= 0.3 is 0 Å². The molecular weight excluding hydrogens is 398 g/mol. The van der Waals surface area contributed by atoms with Crippen LogP contribution in [0.4, 0.5) is 5.69 Å². The number of aromatic amines is 1. The fourth-order valence-corrected chi connectivity index (χ4v) is 3.57. The first-order chi connectivity index (χ1) is 15.1. The van der Waals surface area contributed by atoms with E-state index >= 15 is 0 Å². The summed E-state index contributed by atoms with van der Waals surface area (Å²) >= 11 is 0. The summed E-state index contributed by atoms with van der Waals surface area (Å²) in [6.45, 7) is 6.09. The summed E-state index contributed by atoms with van der Waals surface area (Å²) in [5.41, 5.74) is 4.48. The van der Waals surface area contributed by atoms with Crippen LogP contribution in [0.2, 0.25) is 0 Å². The van der Waals surface area contributed by atoms with Crippen molar-refractivity contribution in [2.24, 2.45) is 0 Å². The first-order valence-electron chi connectivity index (χ1n) is 10.2. The van der Waals surface area contributed by atoms with E-state index in [0.717, 1.165) is 34.6 Å². The van der Waals surface area contributed by atoms with Crippen molar-refractivity contribution in [3.63, 3.8) is 0 Å². The smallest absolute Gasteiger partial charge is 0.260 e. The summed E-state index contributed by atoms with van der Waals surface area (Å²) in [5, 5.41) is 6.68. The molecule has 0 saturated heterocycles. The number of pyridine rings is 2. The van der Waals surface area contributed by atoms with Crippen molar-refractivity contribution >= 4 is 11.6 Å². The molecule has 3 aromatic rings. The molecule has 0 radical (unpaired) electrons. The van der Waals surface area contributed by atoms with Gasteiger partial charge in [0.05, 0.1) is 49.1 Å². The number of rotatable bonds is 9. The number of nitrogens with zero attached hydrogens (tertiary/aromatic N) is 4. The third kappa shape index (κ3) is 4.22. The van der Waals surface area contributed by atoms with Gasteiger partial charge in [0.1, 0.15) is 0 Å². The Morgan fingerprint density at radius 1 is 1.23 bits per heavy atom. The van der Waals surface area contributed by atoms with E-state index in [0.29, 0.717) is 43.6 Å². The standard InChI is InChI=1S/C22H25N5O4/c1-4-30-6-5-7-31-19-9-15(10-23-21(19)29-3)17-8-14(2)20-18(26-17)13-27(22(20)28)16-11-24-25-12-16/h8-12H,4-7,13H2,1-3H3,(H,24,25). The third-order valence-electron chi connectivity index (χ3n) is 5.06. The van der Waals surface area contributed by atoms with Crippen molar-refractivity contribution in [2.45, 2.75) is 26.8 Å². The molecule has 1 aliphatic heterocycles. The summed E-state index contributed by atoms with van der Waals surface area (Å²) in [6.07, 6.45) is 5.79. The van der Waals surface area contributed by atoms with Gasteiger partial charge in [-0.05, 0) is 31.5 Å². The van der Waals surface area contributed by atoms with Gasteiger partial charge in [0, 0.05) is 37.6 Å². The maximum Gasteiger partial charge on any atom is 0.260 e. The van der Waals surface area contributed by atoms with Crippen LogP contribution in [-0.2, 0) is 11.3 Å². The highest BCUT2D eigenvalue weighted by Gasteiger charge is 2.32. The number of anilines is 1. The minimum atomic E-state index is -0.0703. The van der Waals surface area contributed by atoms with Crippen LogP contribution in [0.3, 0.4) is 0 Å². The molecule has 0 fully saturated rings. The van der Waals surface area contributed by atoms with E-state index in [2.05, 4.69) is 15.2 Å². The molecule has 1 N–H and O–H groups in total. The van der Waals surface area contributed by atoms with Crippen LogP contribution < -0.4 is 14.4 Å². The first-order valence-corrected chi connectivity index (χ1v) is 10.2. The summed E-state index contributed by atoms with van der Waals surface area (Å²) in [7, 11) is 1.56. The van der Waals surface area contributed by atoms with E-state index in [1.54, 1.807) is 30.6 Å². The molecule has 31 heavy (non-hydrogen) atoms. The van der Waals surface area contributed by atoms with Crippen LogP contribution in [0.25, 0.3) is 11.3 Å². The molecule has 0 atom stereocenters. The lowest BCUT2D eigenvalue weighted by molar-refractivity contribution is 0.0996. The van der Waals surface area contributed by atoms with Crippen molar-refractivity contribution in [3.05, 3.63) is 47.5 Å². The molecule has 0 aromatic carbocycles. The molecule has 1 aliphatic rings. The van der Waals surface area contributed by atoms with E-state index in [9.17, 15) is 4.79 Å². The second-order valence-corrected chi connectivity index (χ2v) is 7.12. The number of H-pyrrole nitrogens is 1. The average Bonchev–Trinajstić information content (AvgIpc) is 3.41. The van der Waals surface area contributed by atoms with Crippen molar-refractivity contribution in [3.8, 4) is 22.9 Å². The fraction of sp³-hybridized carbons (Fsp3) is 0.364. The molecule has 3 aromatic heterocycles. The van der Waals surface area contributed by atoms with E-state index in [-0.39, 0.29) is 5.91 Å². The number of ether oxygens (including phenoxy) is 3. The highest BCUT2D eigenvalue weighted by Crippen LogP contribution is 2.34. The second-order valence-electron chi connectivity index (χ2n) is 7.12. The third-order valence-corrected chi connectivity index (χ3v) is 5.06. The molecule has 0 unspecified atom stereocenters. The number of hydrogen-bond acceptors (Lipinski definition) is 7. The lowest BCUT2D eigenvalue weighted by Gasteiger charge is -2.12. The molecular formula is C22H25N5O4. The zero-order chi connectivity index (χ0) is 21.8. The predicted molar refractivity (Wildman–Crippen MR) is 114 cm³/mol. The Labute approximate surface area is 180 Å². The Kier molecular flexibility index (Phi) is 6.13. The normalized spacial score (nSPS) is 12.9. The Morgan fingerprint density at radius 3 is 2.84 bits per heavy atom. The van der Waals surface area contributed by atoms with Crippen LogP contribution in [0, 0.1) is 6.92 Å². The lowest BCUT2D eigenvalue weighted by atomic mass is 10.0. The molecule has 1 amide bonds. The van der Waals surface area contributed by atoms with Gasteiger partial charge in [0.2, 0.25) is 0 Å². The van der Waals surface area contributed by atoms with Gasteiger partial charge in [-0.1, -0.05) is 0 Å². The predicted octanol–water partition coefficient (Wildman–Crippen LogP) is 3.15. The number of hydrogen-bond donors (Lipinski definition) is 1. The molecule has 9 nitrogen and oxygen atoms in total. The minimum absolute atomic E-state index is 0.0703. The monoisotopic (exact) mass is 423 g/mol. The summed E-state index contributed by atoms with van der Waals surface area (Å²) in [5.74, 6) is 0.894. The van der Waals surface area contributed by atoms with Crippen molar-refractivity contribution in [1.82, 2.24) is 20.2 Å². The Morgan fingerprint density at radius 2 is 2.10 bits per heavy atom. The Bertz CT molecular complexity index is 1070. The van der Waals surface area contributed by atoms with Gasteiger partial charge in [-0.2, -0.15) is 5.10 Å². The number of carbonyl (C=O) groups excluding carboxylic acids is 1. The summed E-state index contributed by atoms with van der Waals surface area (Å²) < 4.78 is 16.6. The van der Waals surface area contributed by atoms with E-state index in [1.807, 2.05) is 26.0 Å². The topological polar surface area (TPSA) is 102 Å². The number of aryl methyl sites for hydroxylation is 1. The van der Waals surface area contributed by atoms with Gasteiger partial charge < -0.3 is 14.2 Å². The van der Waals surface area contributed by atoms with Crippen LogP contribution in [0.5, 0.6) is 11.6 Å². The molecule has 0 aliphatic carbocycles. The van der Waals surface area contributed by atoms with Gasteiger partial charge in [-0.25, -0.2) is 4.98 Å². The molecule has 9 heteroatoms. The Hall–Kier alpha value is -3.46. The molecule has 0 spiro atoms. The highest BCUT2D eigenvalue weighted by molar-refractivity contribution is 6.10. The Balaban J connectivity index is 1.59. The number of aromatic nitrogens is 4. The number of amides is 1. The van der Waals surface area contributed by atoms with Crippen LogP contribution in [-0.4, -0.2) is 53.0 Å². The maximum atomic E-state index is 12.9. The first kappa shape index (κ1) is 20.8. The van der Waals surface area contributed by atoms with Gasteiger partial charge in [0.15, 0.2) is 5.75 Å². The molecule has 0 bridgehead atoms. The summed E-state index contributed by atoms with van der Waals surface area (Å²) in [4.78, 5) is 23.7. The van der Waals surface area contributed by atoms with Crippen molar-refractivity contribution < 1.29 is 19.0 Å². The van der Waals surface area contributed by atoms with Gasteiger partial charge in [-0.15, -0.1) is 0 Å². The molecule has 0 saturated carbocycles. The second kappa shape index (κ2) is 9.13. The van der Waals surface area contributed by atoms with Crippen LogP contribution in [0.15, 0.2) is 30.7 Å². The van der Waals surface area contributed by atoms with E-state index in [1.165, 1.54) is 0 Å². The van der Waals surface area contributed by atoms with E-state index in [4.69, 9.17) is 19.2 Å². The number of methoxy groups -OCH3 is 1. The molecule has 4 heterocycles. The zero-order valence-corrected chi connectivity index (χ0v) is 17.8. The zero-order valence-electron chi connectivity index (χ0n) is 17.8. The largest absolute Gasteiger partial charge is 0.488 e. The molecule has 162 valence electrons. The summed E-state index contributed by atoms with van der Waals surface area (Å²) in [6, 6.07) is 3.77. The fourth-order valence-electron chi connectivity index (χ4n) is 3.57. The maximum absolute atomic E-state index is 12.9. The average molecular weight is 423 g/mol. The lowest BCUT2D eigenvalue weighted by Crippen LogP contribution is -2.22.